The molecule has 3 nitrogen and oxygen atoms in total. The van der Waals surface area contributed by atoms with Crippen molar-refractivity contribution in [1.82, 2.24) is 5.43 Å². The Morgan fingerprint density at radius 3 is 3.00 bits per heavy atom. The maximum atomic E-state index is 5.44. The van der Waals surface area contributed by atoms with Gasteiger partial charge < -0.3 is 11.2 Å². The zero-order valence-electron chi connectivity index (χ0n) is 4.81. The van der Waals surface area contributed by atoms with Gasteiger partial charge in [0.2, 0.25) is 0 Å². The van der Waals surface area contributed by atoms with E-state index in [4.69, 9.17) is 5.73 Å². The van der Waals surface area contributed by atoms with Crippen molar-refractivity contribution in [3.63, 3.8) is 0 Å². The Morgan fingerprint density at radius 2 is 2.62 bits per heavy atom. The van der Waals surface area contributed by atoms with Gasteiger partial charge in [0, 0.05) is 5.70 Å². The molecule has 3 N–H and O–H groups in total. The topological polar surface area (TPSA) is 50.4 Å². The quantitative estimate of drug-likeness (QED) is 0.455. The molecular weight excluding hydrogens is 102 g/mol. The fourth-order valence-corrected chi connectivity index (χ4v) is 0.607. The highest BCUT2D eigenvalue weighted by atomic mass is 15.3. The van der Waals surface area contributed by atoms with E-state index >= 15 is 0 Å². The number of hydrogen-bond acceptors (Lipinski definition) is 3. The third-order valence-corrected chi connectivity index (χ3v) is 0.933. The highest BCUT2D eigenvalue weighted by molar-refractivity contribution is 5.93. The van der Waals surface area contributed by atoms with Gasteiger partial charge in [0.15, 0.2) is 0 Å². The first-order valence-corrected chi connectivity index (χ1v) is 2.52. The lowest BCUT2D eigenvalue weighted by Crippen LogP contribution is -2.21. The van der Waals surface area contributed by atoms with Crippen LogP contribution >= 0.6 is 0 Å². The summed E-state index contributed by atoms with van der Waals surface area (Å²) in [7, 11) is 0. The van der Waals surface area contributed by atoms with E-state index in [1.54, 1.807) is 0 Å². The van der Waals surface area contributed by atoms with Gasteiger partial charge >= 0.3 is 0 Å². The lowest BCUT2D eigenvalue weighted by atomic mass is 10.3. The molecule has 0 spiro atoms. The number of allylic oxidation sites excluding steroid dienone is 1. The Morgan fingerprint density at radius 1 is 1.88 bits per heavy atom. The monoisotopic (exact) mass is 111 g/mol. The van der Waals surface area contributed by atoms with Crippen molar-refractivity contribution in [3.8, 4) is 0 Å². The van der Waals surface area contributed by atoms with Gasteiger partial charge in [-0.05, 0) is 13.0 Å². The molecule has 0 atom stereocenters. The van der Waals surface area contributed by atoms with E-state index in [0.29, 0.717) is 6.54 Å². The standard InChI is InChI=1S/C5H9N3/c1-4-2-5(6)3-7-8-4/h2,7H,3,6H2,1H3. The van der Waals surface area contributed by atoms with Crippen LogP contribution < -0.4 is 11.2 Å². The summed E-state index contributed by atoms with van der Waals surface area (Å²) < 4.78 is 0. The lowest BCUT2D eigenvalue weighted by Gasteiger charge is -2.06. The van der Waals surface area contributed by atoms with E-state index in [0.717, 1.165) is 11.4 Å². The third kappa shape index (κ3) is 0.992. The first-order valence-electron chi connectivity index (χ1n) is 2.52. The maximum absolute atomic E-state index is 5.44. The van der Waals surface area contributed by atoms with Crippen LogP contribution in [0.4, 0.5) is 0 Å². The van der Waals surface area contributed by atoms with E-state index in [2.05, 4.69) is 10.5 Å². The second-order valence-electron chi connectivity index (χ2n) is 1.81. The molecule has 1 heterocycles. The van der Waals surface area contributed by atoms with Crippen molar-refractivity contribution in [2.75, 3.05) is 6.54 Å². The molecule has 0 radical (unpaired) electrons. The van der Waals surface area contributed by atoms with Crippen LogP contribution in [0.5, 0.6) is 0 Å². The van der Waals surface area contributed by atoms with Gasteiger partial charge in [-0.25, -0.2) is 0 Å². The molecule has 0 amide bonds. The number of nitrogens with zero attached hydrogens (tertiary/aromatic N) is 1. The highest BCUT2D eigenvalue weighted by Gasteiger charge is 1.95. The molecule has 0 aromatic rings. The highest BCUT2D eigenvalue weighted by Crippen LogP contribution is 1.89. The molecule has 0 aromatic carbocycles. The van der Waals surface area contributed by atoms with Crippen LogP contribution in [0.3, 0.4) is 0 Å². The zero-order valence-corrected chi connectivity index (χ0v) is 4.81. The largest absolute Gasteiger partial charge is 0.400 e. The SMILES string of the molecule is CC1=NNCC(N)=C1. The van der Waals surface area contributed by atoms with Crippen molar-refractivity contribution < 1.29 is 0 Å². The molecule has 1 aliphatic heterocycles. The normalized spacial score (nSPS) is 18.6. The molecule has 8 heavy (non-hydrogen) atoms. The number of rotatable bonds is 0. The molecule has 0 aliphatic carbocycles. The Labute approximate surface area is 48.3 Å². The average Bonchev–Trinajstić information content (AvgIpc) is 1.64. The first kappa shape index (κ1) is 5.15. The van der Waals surface area contributed by atoms with Crippen LogP contribution in [0.25, 0.3) is 0 Å². The van der Waals surface area contributed by atoms with Crippen LogP contribution in [0, 0.1) is 0 Å². The molecule has 0 fully saturated rings. The molecule has 1 rings (SSSR count). The second kappa shape index (κ2) is 1.86. The predicted octanol–water partition coefficient (Wildman–Crippen LogP) is -0.192. The summed E-state index contributed by atoms with van der Waals surface area (Å²) in [6, 6.07) is 0. The Hall–Kier alpha value is -0.990. The summed E-state index contributed by atoms with van der Waals surface area (Å²) in [6.45, 7) is 2.58. The average molecular weight is 111 g/mol. The lowest BCUT2D eigenvalue weighted by molar-refractivity contribution is 0.780. The molecule has 0 unspecified atom stereocenters. The molecule has 0 saturated heterocycles. The van der Waals surface area contributed by atoms with E-state index in [1.165, 1.54) is 0 Å². The third-order valence-electron chi connectivity index (χ3n) is 0.933. The van der Waals surface area contributed by atoms with Gasteiger partial charge in [-0.3, -0.25) is 0 Å². The summed E-state index contributed by atoms with van der Waals surface area (Å²) in [6.07, 6.45) is 1.86. The van der Waals surface area contributed by atoms with Crippen LogP contribution in [-0.4, -0.2) is 12.3 Å². The smallest absolute Gasteiger partial charge is 0.0725 e. The fraction of sp³-hybridized carbons (Fsp3) is 0.400. The Balaban J connectivity index is 2.69. The zero-order chi connectivity index (χ0) is 5.98. The van der Waals surface area contributed by atoms with Crippen LogP contribution in [0.15, 0.2) is 16.9 Å². The van der Waals surface area contributed by atoms with Gasteiger partial charge in [-0.1, -0.05) is 0 Å². The minimum absolute atomic E-state index is 0.678. The Kier molecular flexibility index (Phi) is 1.20. The van der Waals surface area contributed by atoms with Gasteiger partial charge in [0.1, 0.15) is 0 Å². The molecular formula is C5H9N3. The van der Waals surface area contributed by atoms with E-state index in [-0.39, 0.29) is 0 Å². The Bertz CT molecular complexity index is 146. The van der Waals surface area contributed by atoms with Crippen LogP contribution in [0.2, 0.25) is 0 Å². The van der Waals surface area contributed by atoms with Gasteiger partial charge in [-0.2, -0.15) is 5.10 Å². The van der Waals surface area contributed by atoms with Crippen molar-refractivity contribution in [2.24, 2.45) is 10.8 Å². The van der Waals surface area contributed by atoms with Gasteiger partial charge in [0.05, 0.1) is 12.3 Å². The fourth-order valence-electron chi connectivity index (χ4n) is 0.607. The summed E-state index contributed by atoms with van der Waals surface area (Å²) in [5.41, 5.74) is 10.0. The summed E-state index contributed by atoms with van der Waals surface area (Å²) in [5, 5.41) is 3.89. The number of hydrazone groups is 1. The summed E-state index contributed by atoms with van der Waals surface area (Å²) in [5.74, 6) is 0. The minimum atomic E-state index is 0.678. The number of hydrogen-bond donors (Lipinski definition) is 2. The van der Waals surface area contributed by atoms with E-state index in [1.807, 2.05) is 13.0 Å². The van der Waals surface area contributed by atoms with Crippen molar-refractivity contribution in [1.29, 1.82) is 0 Å². The maximum Gasteiger partial charge on any atom is 0.0725 e. The molecule has 3 heteroatoms. The van der Waals surface area contributed by atoms with Crippen molar-refractivity contribution in [2.45, 2.75) is 6.92 Å². The molecule has 1 aliphatic rings. The summed E-state index contributed by atoms with van der Waals surface area (Å²) >= 11 is 0. The molecule has 0 saturated carbocycles. The summed E-state index contributed by atoms with van der Waals surface area (Å²) in [4.78, 5) is 0. The predicted molar refractivity (Wildman–Crippen MR) is 33.4 cm³/mol. The number of nitrogens with one attached hydrogen (secondary N) is 1. The molecule has 0 aromatic heterocycles. The molecule has 44 valence electrons. The number of nitrogens with two attached hydrogens (primary N) is 1. The first-order chi connectivity index (χ1) is 3.79. The van der Waals surface area contributed by atoms with Gasteiger partial charge in [0.25, 0.3) is 0 Å². The second-order valence-corrected chi connectivity index (χ2v) is 1.81. The van der Waals surface area contributed by atoms with Crippen molar-refractivity contribution in [3.05, 3.63) is 11.8 Å². The van der Waals surface area contributed by atoms with E-state index in [9.17, 15) is 0 Å². The molecule has 0 bridgehead atoms. The van der Waals surface area contributed by atoms with Crippen LogP contribution in [-0.2, 0) is 0 Å². The van der Waals surface area contributed by atoms with E-state index < -0.39 is 0 Å². The van der Waals surface area contributed by atoms with Crippen LogP contribution in [0.1, 0.15) is 6.92 Å². The van der Waals surface area contributed by atoms with Crippen molar-refractivity contribution >= 4 is 5.71 Å². The minimum Gasteiger partial charge on any atom is -0.400 e. The van der Waals surface area contributed by atoms with Gasteiger partial charge in [-0.15, -0.1) is 0 Å².